The van der Waals surface area contributed by atoms with Crippen LogP contribution in [-0.2, 0) is 4.79 Å². The second-order valence-corrected chi connectivity index (χ2v) is 5.38. The van der Waals surface area contributed by atoms with Crippen LogP contribution >= 0.6 is 11.3 Å². The number of ether oxygens (including phenoxy) is 2. The third-order valence-corrected chi connectivity index (χ3v) is 3.81. The minimum Gasteiger partial charge on any atom is -0.497 e. The van der Waals surface area contributed by atoms with Gasteiger partial charge in [-0.2, -0.15) is 0 Å². The molecule has 1 amide bonds. The number of nitrogens with zero attached hydrogens (tertiary/aromatic N) is 1. The molecule has 2 rings (SSSR count). The minimum absolute atomic E-state index is 0.00293. The molecular weight excluding hydrogens is 276 g/mol. The van der Waals surface area contributed by atoms with Gasteiger partial charge in [-0.1, -0.05) is 24.7 Å². The smallest absolute Gasteiger partial charge is 0.226 e. The number of fused-ring (bicyclic) bond motifs is 1. The molecule has 0 unspecified atom stereocenters. The number of unbranched alkanes of at least 4 members (excludes halogenated alkanes) is 1. The highest BCUT2D eigenvalue weighted by atomic mass is 32.1. The third kappa shape index (κ3) is 3.19. The highest BCUT2D eigenvalue weighted by Crippen LogP contribution is 2.36. The molecular formula is C14H18N2O3S. The maximum absolute atomic E-state index is 11.7. The van der Waals surface area contributed by atoms with E-state index >= 15 is 0 Å². The van der Waals surface area contributed by atoms with Crippen LogP contribution in [-0.4, -0.2) is 25.1 Å². The fourth-order valence-electron chi connectivity index (χ4n) is 1.82. The number of rotatable bonds is 6. The summed E-state index contributed by atoms with van der Waals surface area (Å²) in [6.07, 6.45) is 2.40. The summed E-state index contributed by atoms with van der Waals surface area (Å²) in [6.45, 7) is 2.06. The van der Waals surface area contributed by atoms with Gasteiger partial charge in [0.15, 0.2) is 5.13 Å². The lowest BCUT2D eigenvalue weighted by atomic mass is 10.2. The first-order valence-corrected chi connectivity index (χ1v) is 7.32. The molecule has 1 heterocycles. The Labute approximate surface area is 121 Å². The van der Waals surface area contributed by atoms with Crippen LogP contribution in [0.15, 0.2) is 12.1 Å². The number of hydrogen-bond donors (Lipinski definition) is 1. The van der Waals surface area contributed by atoms with Crippen molar-refractivity contribution >= 4 is 32.6 Å². The Morgan fingerprint density at radius 2 is 2.15 bits per heavy atom. The highest BCUT2D eigenvalue weighted by molar-refractivity contribution is 7.22. The summed E-state index contributed by atoms with van der Waals surface area (Å²) in [4.78, 5) is 16.1. The molecule has 0 bridgehead atoms. The van der Waals surface area contributed by atoms with Gasteiger partial charge in [0.25, 0.3) is 0 Å². The molecule has 0 aliphatic heterocycles. The predicted molar refractivity (Wildman–Crippen MR) is 80.9 cm³/mol. The van der Waals surface area contributed by atoms with Crippen molar-refractivity contribution < 1.29 is 14.3 Å². The Balaban J connectivity index is 2.26. The normalized spacial score (nSPS) is 10.6. The van der Waals surface area contributed by atoms with Gasteiger partial charge in [0, 0.05) is 12.5 Å². The molecule has 0 saturated carbocycles. The van der Waals surface area contributed by atoms with Crippen molar-refractivity contribution in [2.45, 2.75) is 26.2 Å². The van der Waals surface area contributed by atoms with Crippen molar-refractivity contribution in [3.63, 3.8) is 0 Å². The number of aromatic nitrogens is 1. The Morgan fingerprint density at radius 1 is 1.35 bits per heavy atom. The first-order chi connectivity index (χ1) is 9.67. The monoisotopic (exact) mass is 294 g/mol. The summed E-state index contributed by atoms with van der Waals surface area (Å²) in [7, 11) is 3.20. The summed E-state index contributed by atoms with van der Waals surface area (Å²) < 4.78 is 11.4. The molecule has 1 aromatic carbocycles. The zero-order valence-corrected chi connectivity index (χ0v) is 12.7. The second kappa shape index (κ2) is 6.56. The highest BCUT2D eigenvalue weighted by Gasteiger charge is 2.13. The summed E-state index contributed by atoms with van der Waals surface area (Å²) >= 11 is 1.42. The Kier molecular flexibility index (Phi) is 4.79. The van der Waals surface area contributed by atoms with Crippen LogP contribution in [0.4, 0.5) is 5.13 Å². The molecule has 6 heteroatoms. The molecule has 0 fully saturated rings. The van der Waals surface area contributed by atoms with E-state index in [9.17, 15) is 4.79 Å². The molecule has 0 radical (unpaired) electrons. The maximum Gasteiger partial charge on any atom is 0.226 e. The van der Waals surface area contributed by atoms with E-state index in [0.717, 1.165) is 23.1 Å². The fourth-order valence-corrected chi connectivity index (χ4v) is 2.75. The van der Waals surface area contributed by atoms with E-state index in [2.05, 4.69) is 17.2 Å². The molecule has 1 N–H and O–H groups in total. The quantitative estimate of drug-likeness (QED) is 0.886. The number of thiazole rings is 1. The largest absolute Gasteiger partial charge is 0.497 e. The van der Waals surface area contributed by atoms with Gasteiger partial charge >= 0.3 is 0 Å². The van der Waals surface area contributed by atoms with Crippen molar-refractivity contribution in [1.82, 2.24) is 4.98 Å². The Hall–Kier alpha value is -1.82. The van der Waals surface area contributed by atoms with Crippen LogP contribution in [0.2, 0.25) is 0 Å². The number of anilines is 1. The second-order valence-electron chi connectivity index (χ2n) is 4.35. The molecule has 0 aliphatic rings. The van der Waals surface area contributed by atoms with Crippen LogP contribution in [0, 0.1) is 0 Å². The molecule has 0 spiro atoms. The zero-order valence-electron chi connectivity index (χ0n) is 11.9. The Morgan fingerprint density at radius 3 is 2.80 bits per heavy atom. The van der Waals surface area contributed by atoms with E-state index in [1.807, 2.05) is 6.07 Å². The molecule has 5 nitrogen and oxygen atoms in total. The van der Waals surface area contributed by atoms with Crippen molar-refractivity contribution in [2.75, 3.05) is 19.5 Å². The van der Waals surface area contributed by atoms with E-state index < -0.39 is 0 Å². The number of nitrogens with one attached hydrogen (secondary N) is 1. The fraction of sp³-hybridized carbons (Fsp3) is 0.429. The average Bonchev–Trinajstić information content (AvgIpc) is 2.85. The SMILES string of the molecule is CCCCC(=O)Nc1nc2c(OC)cc(OC)cc2s1. The predicted octanol–water partition coefficient (Wildman–Crippen LogP) is 3.44. The summed E-state index contributed by atoms with van der Waals surface area (Å²) in [5.41, 5.74) is 0.740. The van der Waals surface area contributed by atoms with Gasteiger partial charge in [0.2, 0.25) is 5.91 Å². The van der Waals surface area contributed by atoms with Gasteiger partial charge < -0.3 is 14.8 Å². The lowest BCUT2D eigenvalue weighted by Gasteiger charge is -2.03. The summed E-state index contributed by atoms with van der Waals surface area (Å²) in [5, 5.41) is 3.42. The van der Waals surface area contributed by atoms with Gasteiger partial charge in [0.1, 0.15) is 17.0 Å². The molecule has 0 atom stereocenters. The van der Waals surface area contributed by atoms with Crippen molar-refractivity contribution in [3.05, 3.63) is 12.1 Å². The van der Waals surface area contributed by atoms with Gasteiger partial charge in [-0.25, -0.2) is 4.98 Å². The standard InChI is InChI=1S/C14H18N2O3S/c1-4-5-6-12(17)15-14-16-13-10(19-3)7-9(18-2)8-11(13)20-14/h7-8H,4-6H2,1-3H3,(H,15,16,17). The lowest BCUT2D eigenvalue weighted by Crippen LogP contribution is -2.10. The molecule has 108 valence electrons. The number of carbonyl (C=O) groups is 1. The maximum atomic E-state index is 11.7. The van der Waals surface area contributed by atoms with Gasteiger partial charge in [-0.15, -0.1) is 0 Å². The minimum atomic E-state index is -0.00293. The summed E-state index contributed by atoms with van der Waals surface area (Å²) in [5.74, 6) is 1.35. The van der Waals surface area contributed by atoms with E-state index in [1.165, 1.54) is 11.3 Å². The molecule has 0 saturated heterocycles. The van der Waals surface area contributed by atoms with Gasteiger partial charge in [-0.3, -0.25) is 4.79 Å². The van der Waals surface area contributed by atoms with E-state index in [4.69, 9.17) is 9.47 Å². The van der Waals surface area contributed by atoms with Gasteiger partial charge in [-0.05, 0) is 12.5 Å². The zero-order chi connectivity index (χ0) is 14.5. The van der Waals surface area contributed by atoms with Crippen molar-refractivity contribution in [1.29, 1.82) is 0 Å². The van der Waals surface area contributed by atoms with Crippen LogP contribution in [0.25, 0.3) is 10.2 Å². The first-order valence-electron chi connectivity index (χ1n) is 6.50. The van der Waals surface area contributed by atoms with Crippen LogP contribution in [0.5, 0.6) is 11.5 Å². The lowest BCUT2D eigenvalue weighted by molar-refractivity contribution is -0.116. The molecule has 0 aliphatic carbocycles. The third-order valence-electron chi connectivity index (χ3n) is 2.89. The van der Waals surface area contributed by atoms with Crippen LogP contribution < -0.4 is 14.8 Å². The summed E-state index contributed by atoms with van der Waals surface area (Å²) in [6, 6.07) is 3.67. The van der Waals surface area contributed by atoms with Crippen molar-refractivity contribution in [3.8, 4) is 11.5 Å². The number of methoxy groups -OCH3 is 2. The van der Waals surface area contributed by atoms with Crippen LogP contribution in [0.1, 0.15) is 26.2 Å². The van der Waals surface area contributed by atoms with E-state index in [1.54, 1.807) is 20.3 Å². The van der Waals surface area contributed by atoms with Crippen LogP contribution in [0.3, 0.4) is 0 Å². The number of amides is 1. The van der Waals surface area contributed by atoms with Gasteiger partial charge in [0.05, 0.1) is 18.9 Å². The first kappa shape index (κ1) is 14.6. The van der Waals surface area contributed by atoms with Crippen molar-refractivity contribution in [2.24, 2.45) is 0 Å². The average molecular weight is 294 g/mol. The molecule has 1 aromatic heterocycles. The van der Waals surface area contributed by atoms with E-state index in [-0.39, 0.29) is 5.91 Å². The number of carbonyl (C=O) groups excluding carboxylic acids is 1. The number of benzene rings is 1. The Bertz CT molecular complexity index is 610. The van der Waals surface area contributed by atoms with E-state index in [0.29, 0.717) is 23.1 Å². The molecule has 20 heavy (non-hydrogen) atoms. The topological polar surface area (TPSA) is 60.5 Å². The number of hydrogen-bond acceptors (Lipinski definition) is 5. The molecule has 2 aromatic rings.